The second-order valence-corrected chi connectivity index (χ2v) is 7.89. The average molecular weight is 405 g/mol. The van der Waals surface area contributed by atoms with Crippen LogP contribution in [-0.4, -0.2) is 18.5 Å². The van der Waals surface area contributed by atoms with Crippen molar-refractivity contribution in [2.24, 2.45) is 0 Å². The Kier molecular flexibility index (Phi) is 14.8. The monoisotopic (exact) mass is 404 g/mol. The van der Waals surface area contributed by atoms with Gasteiger partial charge >= 0.3 is 11.9 Å². The zero-order valence-corrected chi connectivity index (χ0v) is 18.5. The molecule has 0 spiro atoms. The van der Waals surface area contributed by atoms with Gasteiger partial charge in [-0.2, -0.15) is 0 Å². The number of hydrogen-bond donors (Lipinski definition) is 0. The van der Waals surface area contributed by atoms with Gasteiger partial charge in [-0.15, -0.1) is 0 Å². The molecular formula is C25H40O4. The van der Waals surface area contributed by atoms with E-state index in [2.05, 4.69) is 6.92 Å². The van der Waals surface area contributed by atoms with Crippen LogP contribution in [0.3, 0.4) is 0 Å². The van der Waals surface area contributed by atoms with Gasteiger partial charge in [-0.05, 0) is 25.0 Å². The maximum Gasteiger partial charge on any atom is 0.422 e. The van der Waals surface area contributed by atoms with Crippen LogP contribution in [0.5, 0.6) is 5.75 Å². The number of para-hydroxylation sites is 1. The lowest BCUT2D eigenvalue weighted by Gasteiger charge is -2.07. The van der Waals surface area contributed by atoms with Crippen LogP contribution in [-0.2, 0) is 14.3 Å². The van der Waals surface area contributed by atoms with Crippen LogP contribution in [0.25, 0.3) is 0 Å². The molecule has 0 N–H and O–H groups in total. The molecule has 4 heteroatoms. The van der Waals surface area contributed by atoms with Gasteiger partial charge in [0.25, 0.3) is 0 Å². The minimum absolute atomic E-state index is 0.278. The summed E-state index contributed by atoms with van der Waals surface area (Å²) in [6, 6.07) is 7.09. The fourth-order valence-electron chi connectivity index (χ4n) is 3.33. The van der Waals surface area contributed by atoms with Crippen molar-refractivity contribution in [3.63, 3.8) is 0 Å². The lowest BCUT2D eigenvalue weighted by Crippen LogP contribution is -2.23. The molecule has 0 saturated carbocycles. The molecule has 29 heavy (non-hydrogen) atoms. The van der Waals surface area contributed by atoms with E-state index in [0.29, 0.717) is 5.75 Å². The van der Waals surface area contributed by atoms with Crippen molar-refractivity contribution in [3.05, 3.63) is 29.8 Å². The van der Waals surface area contributed by atoms with Gasteiger partial charge in [0.15, 0.2) is 0 Å². The number of aryl methyl sites for hydroxylation is 1. The summed E-state index contributed by atoms with van der Waals surface area (Å²) in [5, 5.41) is 0. The molecule has 0 atom stereocenters. The number of unbranched alkanes of at least 4 members (excludes halogenated alkanes) is 13. The van der Waals surface area contributed by atoms with Crippen LogP contribution >= 0.6 is 0 Å². The van der Waals surface area contributed by atoms with Crippen molar-refractivity contribution >= 4 is 11.9 Å². The van der Waals surface area contributed by atoms with E-state index < -0.39 is 11.9 Å². The third-order valence-corrected chi connectivity index (χ3v) is 5.19. The van der Waals surface area contributed by atoms with Gasteiger partial charge in [0.2, 0.25) is 0 Å². The normalized spacial score (nSPS) is 10.7. The van der Waals surface area contributed by atoms with E-state index in [1.807, 2.05) is 19.1 Å². The van der Waals surface area contributed by atoms with E-state index in [0.717, 1.165) is 24.8 Å². The topological polar surface area (TPSA) is 52.6 Å². The third-order valence-electron chi connectivity index (χ3n) is 5.19. The van der Waals surface area contributed by atoms with Crippen molar-refractivity contribution in [3.8, 4) is 5.75 Å². The SMILES string of the molecule is CCCCCCCCCCCCCCCCOC(=O)C(=O)Oc1ccccc1C. The second kappa shape index (κ2) is 17.1. The minimum Gasteiger partial charge on any atom is -0.457 e. The first-order valence-electron chi connectivity index (χ1n) is 11.6. The van der Waals surface area contributed by atoms with E-state index in [1.54, 1.807) is 12.1 Å². The third kappa shape index (κ3) is 13.1. The van der Waals surface area contributed by atoms with Gasteiger partial charge in [-0.25, -0.2) is 9.59 Å². The molecule has 0 bridgehead atoms. The van der Waals surface area contributed by atoms with Crippen LogP contribution in [0.4, 0.5) is 0 Å². The van der Waals surface area contributed by atoms with E-state index >= 15 is 0 Å². The fraction of sp³-hybridized carbons (Fsp3) is 0.680. The Morgan fingerprint density at radius 3 is 1.69 bits per heavy atom. The van der Waals surface area contributed by atoms with Crippen molar-refractivity contribution in [1.82, 2.24) is 0 Å². The number of esters is 2. The predicted molar refractivity (Wildman–Crippen MR) is 118 cm³/mol. The van der Waals surface area contributed by atoms with Crippen molar-refractivity contribution < 1.29 is 19.1 Å². The smallest absolute Gasteiger partial charge is 0.422 e. The molecule has 164 valence electrons. The van der Waals surface area contributed by atoms with E-state index in [1.165, 1.54) is 70.6 Å². The van der Waals surface area contributed by atoms with Gasteiger partial charge in [-0.1, -0.05) is 109 Å². The van der Waals surface area contributed by atoms with Crippen LogP contribution in [0.15, 0.2) is 24.3 Å². The van der Waals surface area contributed by atoms with Crippen LogP contribution < -0.4 is 4.74 Å². The summed E-state index contributed by atoms with van der Waals surface area (Å²) in [5.41, 5.74) is 0.806. The highest BCUT2D eigenvalue weighted by Crippen LogP contribution is 2.16. The van der Waals surface area contributed by atoms with Crippen molar-refractivity contribution in [1.29, 1.82) is 0 Å². The van der Waals surface area contributed by atoms with Crippen molar-refractivity contribution in [2.75, 3.05) is 6.61 Å². The Morgan fingerprint density at radius 2 is 1.17 bits per heavy atom. The van der Waals surface area contributed by atoms with E-state index in [-0.39, 0.29) is 6.61 Å². The molecular weight excluding hydrogens is 364 g/mol. The molecule has 0 aromatic heterocycles. The Hall–Kier alpha value is -1.84. The molecule has 0 unspecified atom stereocenters. The maximum absolute atomic E-state index is 11.7. The number of ether oxygens (including phenoxy) is 2. The summed E-state index contributed by atoms with van der Waals surface area (Å²) < 4.78 is 10.1. The number of benzene rings is 1. The molecule has 0 heterocycles. The summed E-state index contributed by atoms with van der Waals surface area (Å²) in [7, 11) is 0. The summed E-state index contributed by atoms with van der Waals surface area (Å²) in [6.45, 7) is 4.36. The Labute approximate surface area is 177 Å². The lowest BCUT2D eigenvalue weighted by atomic mass is 10.0. The molecule has 0 saturated heterocycles. The first kappa shape index (κ1) is 25.2. The molecule has 0 aliphatic heterocycles. The lowest BCUT2D eigenvalue weighted by molar-refractivity contribution is -0.162. The number of rotatable bonds is 16. The Morgan fingerprint density at radius 1 is 0.690 bits per heavy atom. The second-order valence-electron chi connectivity index (χ2n) is 7.89. The molecule has 0 fully saturated rings. The molecule has 0 amide bonds. The first-order valence-corrected chi connectivity index (χ1v) is 11.6. The number of hydrogen-bond acceptors (Lipinski definition) is 4. The zero-order valence-electron chi connectivity index (χ0n) is 18.5. The number of carbonyl (C=O) groups excluding carboxylic acids is 2. The Balaban J connectivity index is 1.90. The minimum atomic E-state index is -0.954. The largest absolute Gasteiger partial charge is 0.457 e. The number of carbonyl (C=O) groups is 2. The van der Waals surface area contributed by atoms with Gasteiger partial charge in [-0.3, -0.25) is 0 Å². The highest BCUT2D eigenvalue weighted by Gasteiger charge is 2.18. The van der Waals surface area contributed by atoms with Crippen molar-refractivity contribution in [2.45, 2.75) is 104 Å². The average Bonchev–Trinajstić information content (AvgIpc) is 2.72. The maximum atomic E-state index is 11.7. The van der Waals surface area contributed by atoms with E-state index in [9.17, 15) is 9.59 Å². The fourth-order valence-corrected chi connectivity index (χ4v) is 3.33. The van der Waals surface area contributed by atoms with Gasteiger partial charge in [0.1, 0.15) is 5.75 Å². The molecule has 1 aromatic carbocycles. The molecule has 1 rings (SSSR count). The standard InChI is InChI=1S/C25H40O4/c1-3-4-5-6-7-8-9-10-11-12-13-14-15-18-21-28-24(26)25(27)29-23-20-17-16-19-22(23)2/h16-17,19-20H,3-15,18,21H2,1-2H3. The molecule has 1 aromatic rings. The predicted octanol–water partition coefficient (Wildman–Crippen LogP) is 6.92. The summed E-state index contributed by atoms with van der Waals surface area (Å²) in [5.74, 6) is -1.47. The molecule has 0 aliphatic carbocycles. The van der Waals surface area contributed by atoms with Gasteiger partial charge in [0, 0.05) is 0 Å². The summed E-state index contributed by atoms with van der Waals surface area (Å²) in [4.78, 5) is 23.4. The molecule has 4 nitrogen and oxygen atoms in total. The summed E-state index contributed by atoms with van der Waals surface area (Å²) >= 11 is 0. The van der Waals surface area contributed by atoms with E-state index in [4.69, 9.17) is 9.47 Å². The van der Waals surface area contributed by atoms with Gasteiger partial charge < -0.3 is 9.47 Å². The highest BCUT2D eigenvalue weighted by molar-refractivity contribution is 6.30. The highest BCUT2D eigenvalue weighted by atomic mass is 16.6. The van der Waals surface area contributed by atoms with Gasteiger partial charge in [0.05, 0.1) is 6.61 Å². The van der Waals surface area contributed by atoms with Crippen LogP contribution in [0.1, 0.15) is 102 Å². The quantitative estimate of drug-likeness (QED) is 0.130. The van der Waals surface area contributed by atoms with Crippen LogP contribution in [0.2, 0.25) is 0 Å². The van der Waals surface area contributed by atoms with Crippen LogP contribution in [0, 0.1) is 6.92 Å². The Bertz CT molecular complexity index is 568. The zero-order chi connectivity index (χ0) is 21.2. The molecule has 0 radical (unpaired) electrons. The molecule has 0 aliphatic rings. The summed E-state index contributed by atoms with van der Waals surface area (Å²) in [6.07, 6.45) is 17.9. The first-order chi connectivity index (χ1) is 14.1.